The van der Waals surface area contributed by atoms with E-state index in [1.807, 2.05) is 0 Å². The first kappa shape index (κ1) is 14.2. The summed E-state index contributed by atoms with van der Waals surface area (Å²) in [6, 6.07) is 4.18. The van der Waals surface area contributed by atoms with Gasteiger partial charge in [0.2, 0.25) is 0 Å². The minimum Gasteiger partial charge on any atom is -0.147 e. The molecule has 12 heavy (non-hydrogen) atoms. The van der Waals surface area contributed by atoms with Crippen LogP contribution in [0, 0.1) is 0 Å². The lowest BCUT2D eigenvalue weighted by Crippen LogP contribution is -2.46. The van der Waals surface area contributed by atoms with Crippen molar-refractivity contribution < 1.29 is 17.7 Å². The van der Waals surface area contributed by atoms with Gasteiger partial charge < -0.3 is 0 Å². The van der Waals surface area contributed by atoms with Crippen molar-refractivity contribution in [3.05, 3.63) is 30.6 Å². The molecule has 0 N–H and O–H groups in total. The predicted molar refractivity (Wildman–Crippen MR) is 45.5 cm³/mol. The molecular formula is C6H7BrClF3N+. The Morgan fingerprint density at radius 2 is 1.33 bits per heavy atom. The van der Waals surface area contributed by atoms with E-state index in [4.69, 9.17) is 0 Å². The Kier molecular flexibility index (Phi) is 6.38. The summed E-state index contributed by atoms with van der Waals surface area (Å²) in [6.45, 7) is 0. The first-order valence-corrected chi connectivity index (χ1v) is 2.64. The van der Waals surface area contributed by atoms with E-state index in [1.165, 1.54) is 18.2 Å². The van der Waals surface area contributed by atoms with Gasteiger partial charge in [0.05, 0.1) is 0 Å². The van der Waals surface area contributed by atoms with Crippen LogP contribution in [0.5, 0.6) is 0 Å². The zero-order valence-corrected chi connectivity index (χ0v) is 8.31. The number of halogens is 5. The van der Waals surface area contributed by atoms with Crippen molar-refractivity contribution in [2.24, 2.45) is 0 Å². The van der Waals surface area contributed by atoms with E-state index in [0.717, 1.165) is 12.4 Å². The Bertz CT molecular complexity index is 214. The highest BCUT2D eigenvalue weighted by atomic mass is 79.9. The molecular weight excluding hydrogens is 258 g/mol. The van der Waals surface area contributed by atoms with Crippen molar-refractivity contribution in [3.8, 4) is 0 Å². The number of aromatic nitrogens is 1. The molecule has 0 aliphatic heterocycles. The average Bonchev–Trinajstić information content (AvgIpc) is 1.88. The van der Waals surface area contributed by atoms with Crippen LogP contribution in [0.15, 0.2) is 30.6 Å². The maximum absolute atomic E-state index is 11.8. The van der Waals surface area contributed by atoms with Gasteiger partial charge in [-0.2, -0.15) is 0 Å². The second kappa shape index (κ2) is 5.37. The molecule has 0 saturated carbocycles. The molecule has 1 rings (SSSR count). The molecule has 1 aromatic rings. The van der Waals surface area contributed by atoms with Crippen molar-refractivity contribution in [2.45, 2.75) is 6.30 Å². The van der Waals surface area contributed by atoms with Gasteiger partial charge in [-0.05, 0) is 0 Å². The third-order valence-electron chi connectivity index (χ3n) is 1.01. The standard InChI is InChI=1S/C6H5F3N.BrH.ClH/c7-6(8,9)10-4-2-1-3-5-10;;/h1-5H;2*1H/q+1;;. The molecule has 0 amide bonds. The molecule has 0 aromatic carbocycles. The zero-order valence-electron chi connectivity index (χ0n) is 5.78. The molecule has 1 aromatic heterocycles. The molecule has 0 atom stereocenters. The number of alkyl halides is 3. The predicted octanol–water partition coefficient (Wildman–Crippen LogP) is 2.45. The van der Waals surface area contributed by atoms with Crippen LogP contribution in [0.25, 0.3) is 0 Å². The molecule has 0 unspecified atom stereocenters. The summed E-state index contributed by atoms with van der Waals surface area (Å²) < 4.78 is 35.4. The summed E-state index contributed by atoms with van der Waals surface area (Å²) in [7, 11) is 0. The van der Waals surface area contributed by atoms with Gasteiger partial charge in [0.25, 0.3) is 0 Å². The quantitative estimate of drug-likeness (QED) is 0.635. The van der Waals surface area contributed by atoms with Gasteiger partial charge in [0, 0.05) is 12.1 Å². The van der Waals surface area contributed by atoms with Gasteiger partial charge in [-0.3, -0.25) is 0 Å². The van der Waals surface area contributed by atoms with Crippen molar-refractivity contribution in [1.82, 2.24) is 0 Å². The van der Waals surface area contributed by atoms with Gasteiger partial charge in [0.1, 0.15) is 0 Å². The summed E-state index contributed by atoms with van der Waals surface area (Å²) in [5.41, 5.74) is 0. The topological polar surface area (TPSA) is 3.88 Å². The van der Waals surface area contributed by atoms with Crippen LogP contribution in [-0.2, 0) is 6.30 Å². The molecule has 0 spiro atoms. The van der Waals surface area contributed by atoms with Crippen molar-refractivity contribution >= 4 is 29.4 Å². The first-order valence-electron chi connectivity index (χ1n) is 2.64. The number of nitrogens with zero attached hydrogens (tertiary/aromatic N) is 1. The van der Waals surface area contributed by atoms with Crippen molar-refractivity contribution in [2.75, 3.05) is 0 Å². The molecule has 0 bridgehead atoms. The van der Waals surface area contributed by atoms with Crippen LogP contribution in [0.4, 0.5) is 13.2 Å². The van der Waals surface area contributed by atoms with Gasteiger partial charge in [-0.15, -0.1) is 47.1 Å². The van der Waals surface area contributed by atoms with Crippen LogP contribution in [0.3, 0.4) is 0 Å². The fourth-order valence-corrected chi connectivity index (χ4v) is 0.568. The van der Waals surface area contributed by atoms with Crippen molar-refractivity contribution in [3.63, 3.8) is 0 Å². The summed E-state index contributed by atoms with van der Waals surface area (Å²) in [5.74, 6) is 0. The van der Waals surface area contributed by atoms with Gasteiger partial charge >= 0.3 is 6.30 Å². The van der Waals surface area contributed by atoms with E-state index in [-0.39, 0.29) is 34.0 Å². The van der Waals surface area contributed by atoms with E-state index in [0.29, 0.717) is 0 Å². The smallest absolute Gasteiger partial charge is 0.147 e. The summed E-state index contributed by atoms with van der Waals surface area (Å²) in [5, 5.41) is 0. The fourth-order valence-electron chi connectivity index (χ4n) is 0.568. The molecule has 1 heterocycles. The Labute approximate surface area is 84.4 Å². The summed E-state index contributed by atoms with van der Waals surface area (Å²) in [4.78, 5) is 0. The highest BCUT2D eigenvalue weighted by Crippen LogP contribution is 2.12. The lowest BCUT2D eigenvalue weighted by molar-refractivity contribution is -0.854. The van der Waals surface area contributed by atoms with Crippen LogP contribution < -0.4 is 4.57 Å². The van der Waals surface area contributed by atoms with E-state index in [9.17, 15) is 13.2 Å². The van der Waals surface area contributed by atoms with Gasteiger partial charge in [-0.25, -0.2) is 0 Å². The molecule has 0 fully saturated rings. The molecule has 6 heteroatoms. The maximum Gasteiger partial charge on any atom is 0.637 e. The molecule has 70 valence electrons. The number of hydrogen-bond acceptors (Lipinski definition) is 0. The third kappa shape index (κ3) is 3.92. The number of rotatable bonds is 0. The third-order valence-corrected chi connectivity index (χ3v) is 1.01. The highest BCUT2D eigenvalue weighted by molar-refractivity contribution is 8.93. The molecule has 1 nitrogen and oxygen atoms in total. The summed E-state index contributed by atoms with van der Waals surface area (Å²) >= 11 is 0. The maximum atomic E-state index is 11.8. The summed E-state index contributed by atoms with van der Waals surface area (Å²) in [6.07, 6.45) is -2.37. The Balaban J connectivity index is 0. The SMILES string of the molecule is Br.Cl.FC(F)(F)[n+]1ccccc1. The van der Waals surface area contributed by atoms with Crippen LogP contribution in [-0.4, -0.2) is 0 Å². The van der Waals surface area contributed by atoms with E-state index < -0.39 is 6.30 Å². The minimum atomic E-state index is -4.29. The monoisotopic (exact) mass is 264 g/mol. The lowest BCUT2D eigenvalue weighted by atomic mass is 10.5. The molecule has 0 saturated heterocycles. The lowest BCUT2D eigenvalue weighted by Gasteiger charge is -1.96. The second-order valence-corrected chi connectivity index (χ2v) is 1.75. The first-order chi connectivity index (χ1) is 4.61. The average molecular weight is 265 g/mol. The van der Waals surface area contributed by atoms with Gasteiger partial charge in [-0.1, -0.05) is 6.07 Å². The minimum absolute atomic E-state index is 0. The fraction of sp³-hybridized carbons (Fsp3) is 0.167. The normalized spacial score (nSPS) is 9.58. The highest BCUT2D eigenvalue weighted by Gasteiger charge is 2.40. The largest absolute Gasteiger partial charge is 0.637 e. The van der Waals surface area contributed by atoms with E-state index >= 15 is 0 Å². The van der Waals surface area contributed by atoms with Crippen LogP contribution >= 0.6 is 29.4 Å². The van der Waals surface area contributed by atoms with Gasteiger partial charge in [0.15, 0.2) is 12.4 Å². The van der Waals surface area contributed by atoms with Crippen molar-refractivity contribution in [1.29, 1.82) is 0 Å². The molecule has 0 aliphatic carbocycles. The van der Waals surface area contributed by atoms with E-state index in [2.05, 4.69) is 0 Å². The van der Waals surface area contributed by atoms with E-state index in [1.54, 1.807) is 0 Å². The van der Waals surface area contributed by atoms with Crippen LogP contribution in [0.1, 0.15) is 0 Å². The molecule has 0 aliphatic rings. The number of hydrogen-bond donors (Lipinski definition) is 0. The van der Waals surface area contributed by atoms with Crippen LogP contribution in [0.2, 0.25) is 0 Å². The Hall–Kier alpha value is -0.290. The zero-order chi connectivity index (χ0) is 7.61. The number of pyridine rings is 1. The second-order valence-electron chi connectivity index (χ2n) is 1.75. The molecule has 0 radical (unpaired) electrons. The Morgan fingerprint density at radius 3 is 1.58 bits per heavy atom. The Morgan fingerprint density at radius 1 is 0.917 bits per heavy atom.